The summed E-state index contributed by atoms with van der Waals surface area (Å²) in [6.45, 7) is 1.92. The summed E-state index contributed by atoms with van der Waals surface area (Å²) in [6.07, 6.45) is 0. The number of benzene rings is 4. The molecule has 0 spiro atoms. The number of anilines is 3. The number of carbonyl (C=O) groups is 3. The van der Waals surface area contributed by atoms with Crippen LogP contribution in [0, 0.1) is 6.92 Å². The third-order valence-electron chi connectivity index (χ3n) is 5.08. The van der Waals surface area contributed by atoms with E-state index in [0.717, 1.165) is 5.56 Å². The predicted octanol–water partition coefficient (Wildman–Crippen LogP) is 5.75. The fourth-order valence-corrected chi connectivity index (χ4v) is 3.40. The first-order valence-electron chi connectivity index (χ1n) is 10.7. The second-order valence-electron chi connectivity index (χ2n) is 7.76. The number of rotatable bonds is 6. The maximum Gasteiger partial charge on any atom is 0.255 e. The molecule has 4 rings (SSSR count). The quantitative estimate of drug-likeness (QED) is 0.350. The molecule has 0 saturated heterocycles. The summed E-state index contributed by atoms with van der Waals surface area (Å²) in [4.78, 5) is 37.7. The molecule has 0 unspecified atom stereocenters. The highest BCUT2D eigenvalue weighted by atomic mass is 16.2. The topological polar surface area (TPSA) is 87.3 Å². The normalized spacial score (nSPS) is 10.3. The van der Waals surface area contributed by atoms with Crippen molar-refractivity contribution in [1.29, 1.82) is 0 Å². The minimum absolute atomic E-state index is 0.235. The van der Waals surface area contributed by atoms with E-state index in [9.17, 15) is 14.4 Å². The Kier molecular flexibility index (Phi) is 6.79. The largest absolute Gasteiger partial charge is 0.322 e. The summed E-state index contributed by atoms with van der Waals surface area (Å²) in [6, 6.07) is 29.8. The monoisotopic (exact) mass is 449 g/mol. The Bertz CT molecular complexity index is 1350. The smallest absolute Gasteiger partial charge is 0.255 e. The molecule has 4 aromatic carbocycles. The third-order valence-corrected chi connectivity index (χ3v) is 5.08. The van der Waals surface area contributed by atoms with Crippen LogP contribution in [-0.4, -0.2) is 17.7 Å². The van der Waals surface area contributed by atoms with Gasteiger partial charge in [0.15, 0.2) is 0 Å². The van der Waals surface area contributed by atoms with Crippen LogP contribution >= 0.6 is 0 Å². The van der Waals surface area contributed by atoms with Gasteiger partial charge in [0.05, 0.1) is 0 Å². The highest BCUT2D eigenvalue weighted by Crippen LogP contribution is 2.19. The van der Waals surface area contributed by atoms with E-state index in [1.54, 1.807) is 84.9 Å². The maximum absolute atomic E-state index is 12.8. The standard InChI is InChI=1S/C28H23N3O3/c1-19-8-5-11-21(16-19)27(33)29-23-13-6-12-22(17-23)28(34)31-25-15-7-14-24(18-25)30-26(32)20-9-3-2-4-10-20/h2-18H,1H3,(H,29,33)(H,30,32)(H,31,34). The van der Waals surface area contributed by atoms with Gasteiger partial charge in [-0.2, -0.15) is 0 Å². The van der Waals surface area contributed by atoms with E-state index in [4.69, 9.17) is 0 Å². The molecule has 0 atom stereocenters. The molecule has 0 aliphatic heterocycles. The first-order chi connectivity index (χ1) is 16.5. The molecular formula is C28H23N3O3. The van der Waals surface area contributed by atoms with Crippen LogP contribution in [0.4, 0.5) is 17.1 Å². The molecule has 0 bridgehead atoms. The summed E-state index contributed by atoms with van der Waals surface area (Å²) in [5, 5.41) is 8.48. The summed E-state index contributed by atoms with van der Waals surface area (Å²) in [7, 11) is 0. The van der Waals surface area contributed by atoms with Gasteiger partial charge in [-0.25, -0.2) is 0 Å². The van der Waals surface area contributed by atoms with E-state index in [1.807, 2.05) is 25.1 Å². The Morgan fingerprint density at radius 3 is 1.50 bits per heavy atom. The molecule has 6 nitrogen and oxygen atoms in total. The van der Waals surface area contributed by atoms with Crippen molar-refractivity contribution in [2.24, 2.45) is 0 Å². The average molecular weight is 450 g/mol. The van der Waals surface area contributed by atoms with Crippen molar-refractivity contribution >= 4 is 34.8 Å². The molecule has 4 aromatic rings. The number of aryl methyl sites for hydroxylation is 1. The number of carbonyl (C=O) groups excluding carboxylic acids is 3. The summed E-state index contributed by atoms with van der Waals surface area (Å²) in [5.41, 5.74) is 4.08. The van der Waals surface area contributed by atoms with Crippen LogP contribution in [0.25, 0.3) is 0 Å². The maximum atomic E-state index is 12.8. The Labute approximate surface area is 197 Å². The molecule has 0 aromatic heterocycles. The fourth-order valence-electron chi connectivity index (χ4n) is 3.40. The minimum atomic E-state index is -0.335. The van der Waals surface area contributed by atoms with Crippen LogP contribution in [0.2, 0.25) is 0 Å². The van der Waals surface area contributed by atoms with Gasteiger partial charge in [-0.3, -0.25) is 14.4 Å². The summed E-state index contributed by atoms with van der Waals surface area (Å²) in [5.74, 6) is -0.817. The Morgan fingerprint density at radius 2 is 0.912 bits per heavy atom. The fraction of sp³-hybridized carbons (Fsp3) is 0.0357. The van der Waals surface area contributed by atoms with E-state index in [1.165, 1.54) is 0 Å². The van der Waals surface area contributed by atoms with Crippen molar-refractivity contribution in [1.82, 2.24) is 0 Å². The van der Waals surface area contributed by atoms with E-state index in [2.05, 4.69) is 16.0 Å². The van der Waals surface area contributed by atoms with Crippen LogP contribution < -0.4 is 16.0 Å². The van der Waals surface area contributed by atoms with Gasteiger partial charge in [0.2, 0.25) is 0 Å². The Morgan fingerprint density at radius 1 is 0.471 bits per heavy atom. The zero-order valence-electron chi connectivity index (χ0n) is 18.5. The molecule has 3 amide bonds. The number of hydrogen-bond donors (Lipinski definition) is 3. The molecule has 3 N–H and O–H groups in total. The molecule has 34 heavy (non-hydrogen) atoms. The van der Waals surface area contributed by atoms with Gasteiger partial charge in [-0.1, -0.05) is 48.0 Å². The van der Waals surface area contributed by atoms with Gasteiger partial charge in [-0.15, -0.1) is 0 Å². The zero-order valence-corrected chi connectivity index (χ0v) is 18.5. The number of amides is 3. The van der Waals surface area contributed by atoms with Gasteiger partial charge in [0.1, 0.15) is 0 Å². The minimum Gasteiger partial charge on any atom is -0.322 e. The first-order valence-corrected chi connectivity index (χ1v) is 10.7. The lowest BCUT2D eigenvalue weighted by Gasteiger charge is -2.10. The van der Waals surface area contributed by atoms with Crippen molar-refractivity contribution in [3.8, 4) is 0 Å². The molecule has 0 aliphatic carbocycles. The van der Waals surface area contributed by atoms with Crippen molar-refractivity contribution in [2.75, 3.05) is 16.0 Å². The zero-order chi connectivity index (χ0) is 23.9. The lowest BCUT2D eigenvalue weighted by molar-refractivity contribution is 0.101. The Balaban J connectivity index is 1.42. The van der Waals surface area contributed by atoms with Crippen LogP contribution in [0.15, 0.2) is 103 Å². The molecule has 6 heteroatoms. The third kappa shape index (κ3) is 5.75. The second kappa shape index (κ2) is 10.3. The van der Waals surface area contributed by atoms with Crippen molar-refractivity contribution in [3.63, 3.8) is 0 Å². The molecule has 168 valence electrons. The predicted molar refractivity (Wildman–Crippen MR) is 134 cm³/mol. The van der Waals surface area contributed by atoms with E-state index < -0.39 is 0 Å². The van der Waals surface area contributed by atoms with Crippen molar-refractivity contribution < 1.29 is 14.4 Å². The van der Waals surface area contributed by atoms with Gasteiger partial charge in [-0.05, 0) is 67.6 Å². The molecule has 0 heterocycles. The van der Waals surface area contributed by atoms with Crippen LogP contribution in [0.1, 0.15) is 36.6 Å². The van der Waals surface area contributed by atoms with Gasteiger partial charge >= 0.3 is 0 Å². The summed E-state index contributed by atoms with van der Waals surface area (Å²) >= 11 is 0. The van der Waals surface area contributed by atoms with Crippen LogP contribution in [-0.2, 0) is 0 Å². The van der Waals surface area contributed by atoms with E-state index >= 15 is 0 Å². The van der Waals surface area contributed by atoms with Gasteiger partial charge in [0.25, 0.3) is 17.7 Å². The van der Waals surface area contributed by atoms with Gasteiger partial charge < -0.3 is 16.0 Å². The number of hydrogen-bond acceptors (Lipinski definition) is 3. The first kappa shape index (κ1) is 22.5. The highest BCUT2D eigenvalue weighted by molar-refractivity contribution is 6.08. The highest BCUT2D eigenvalue weighted by Gasteiger charge is 2.11. The van der Waals surface area contributed by atoms with E-state index in [0.29, 0.717) is 33.8 Å². The Hall–Kier alpha value is -4.71. The number of nitrogens with one attached hydrogen (secondary N) is 3. The SMILES string of the molecule is Cc1cccc(C(=O)Nc2cccc(C(=O)Nc3cccc(NC(=O)c4ccccc4)c3)c2)c1. The summed E-state index contributed by atoms with van der Waals surface area (Å²) < 4.78 is 0. The van der Waals surface area contributed by atoms with Crippen molar-refractivity contribution in [3.05, 3.63) is 125 Å². The van der Waals surface area contributed by atoms with E-state index in [-0.39, 0.29) is 17.7 Å². The molecular weight excluding hydrogens is 426 g/mol. The molecule has 0 radical (unpaired) electrons. The molecule has 0 fully saturated rings. The van der Waals surface area contributed by atoms with Crippen LogP contribution in [0.5, 0.6) is 0 Å². The molecule has 0 aliphatic rings. The lowest BCUT2D eigenvalue weighted by Crippen LogP contribution is -2.15. The lowest BCUT2D eigenvalue weighted by atomic mass is 10.1. The molecule has 0 saturated carbocycles. The second-order valence-corrected chi connectivity index (χ2v) is 7.76. The van der Waals surface area contributed by atoms with Gasteiger partial charge in [0, 0.05) is 33.8 Å². The van der Waals surface area contributed by atoms with Crippen molar-refractivity contribution in [2.45, 2.75) is 6.92 Å². The van der Waals surface area contributed by atoms with Crippen LogP contribution in [0.3, 0.4) is 0 Å². The average Bonchev–Trinajstić information content (AvgIpc) is 2.85.